The third-order valence-corrected chi connectivity index (χ3v) is 5.00. The van der Waals surface area contributed by atoms with Gasteiger partial charge >= 0.3 is 14.8 Å². The fourth-order valence-corrected chi connectivity index (χ4v) is 3.50. The van der Waals surface area contributed by atoms with Gasteiger partial charge in [-0.15, -0.1) is 0 Å². The lowest BCUT2D eigenvalue weighted by atomic mass is 10.2. The van der Waals surface area contributed by atoms with Crippen molar-refractivity contribution >= 4 is 20.0 Å². The summed E-state index contributed by atoms with van der Waals surface area (Å²) < 4.78 is 15.7. The molecule has 0 aliphatic rings. The Morgan fingerprint density at radius 1 is 1.12 bits per heavy atom. The summed E-state index contributed by atoms with van der Waals surface area (Å²) in [6.07, 6.45) is 0. The van der Waals surface area contributed by atoms with Crippen molar-refractivity contribution in [2.75, 3.05) is 21.3 Å². The van der Waals surface area contributed by atoms with Gasteiger partial charge in [0, 0.05) is 26.5 Å². The minimum Gasteiger partial charge on any atom is -0.478 e. The average molecular weight is 242 g/mol. The van der Waals surface area contributed by atoms with E-state index in [2.05, 4.69) is 0 Å². The van der Waals surface area contributed by atoms with Gasteiger partial charge in [-0.25, -0.2) is 4.79 Å². The Balaban J connectivity index is 3.34. The van der Waals surface area contributed by atoms with Crippen LogP contribution < -0.4 is 5.19 Å². The Labute approximate surface area is 94.9 Å². The van der Waals surface area contributed by atoms with E-state index in [0.717, 1.165) is 0 Å². The second-order valence-corrected chi connectivity index (χ2v) is 5.90. The molecule has 1 rings (SSSR count). The SMILES string of the molecule is CO[Si](OC)(OC)c1ccccc1C(=O)O. The van der Waals surface area contributed by atoms with Crippen molar-refractivity contribution in [3.05, 3.63) is 29.8 Å². The maximum atomic E-state index is 11.1. The molecule has 0 aliphatic carbocycles. The van der Waals surface area contributed by atoms with Crippen LogP contribution in [0.4, 0.5) is 0 Å². The van der Waals surface area contributed by atoms with Crippen LogP contribution in [0.5, 0.6) is 0 Å². The van der Waals surface area contributed by atoms with Crippen molar-refractivity contribution in [1.82, 2.24) is 0 Å². The molecule has 1 aromatic rings. The molecule has 0 radical (unpaired) electrons. The van der Waals surface area contributed by atoms with Crippen molar-refractivity contribution in [2.24, 2.45) is 0 Å². The van der Waals surface area contributed by atoms with Crippen LogP contribution in [0, 0.1) is 0 Å². The normalized spacial score (nSPS) is 11.4. The number of carboxylic acid groups (broad SMARTS) is 1. The average Bonchev–Trinajstić information content (AvgIpc) is 2.32. The number of hydrogen-bond donors (Lipinski definition) is 1. The first-order valence-electron chi connectivity index (χ1n) is 4.59. The zero-order valence-corrected chi connectivity index (χ0v) is 10.4. The van der Waals surface area contributed by atoms with Crippen LogP contribution in [-0.4, -0.2) is 41.2 Å². The first kappa shape index (κ1) is 12.9. The van der Waals surface area contributed by atoms with Crippen LogP contribution >= 0.6 is 0 Å². The van der Waals surface area contributed by atoms with Crippen molar-refractivity contribution in [3.63, 3.8) is 0 Å². The Bertz CT molecular complexity index is 367. The molecule has 0 spiro atoms. The van der Waals surface area contributed by atoms with Crippen LogP contribution in [0.25, 0.3) is 0 Å². The number of benzene rings is 1. The highest BCUT2D eigenvalue weighted by Crippen LogP contribution is 2.10. The van der Waals surface area contributed by atoms with Gasteiger partial charge in [-0.2, -0.15) is 0 Å². The van der Waals surface area contributed by atoms with E-state index in [-0.39, 0.29) is 5.56 Å². The highest BCUT2D eigenvalue weighted by atomic mass is 28.4. The van der Waals surface area contributed by atoms with Crippen molar-refractivity contribution in [3.8, 4) is 0 Å². The monoisotopic (exact) mass is 242 g/mol. The molecular formula is C10H14O5Si. The molecule has 1 N–H and O–H groups in total. The highest BCUT2D eigenvalue weighted by molar-refractivity contribution is 6.76. The first-order valence-corrected chi connectivity index (χ1v) is 6.32. The van der Waals surface area contributed by atoms with Gasteiger partial charge in [-0.3, -0.25) is 0 Å². The zero-order chi connectivity index (χ0) is 12.2. The van der Waals surface area contributed by atoms with E-state index in [0.29, 0.717) is 5.19 Å². The molecule has 0 saturated heterocycles. The van der Waals surface area contributed by atoms with Gasteiger partial charge in [-0.1, -0.05) is 18.2 Å². The molecule has 88 valence electrons. The molecule has 0 unspecified atom stereocenters. The molecule has 6 heteroatoms. The lowest BCUT2D eigenvalue weighted by Crippen LogP contribution is -2.56. The molecule has 1 aromatic carbocycles. The predicted octanol–water partition coefficient (Wildman–Crippen LogP) is 0.470. The van der Waals surface area contributed by atoms with Gasteiger partial charge in [0.05, 0.1) is 5.56 Å². The van der Waals surface area contributed by atoms with Crippen LogP contribution in [0.2, 0.25) is 0 Å². The fourth-order valence-electron chi connectivity index (χ4n) is 1.52. The third-order valence-electron chi connectivity index (χ3n) is 2.29. The van der Waals surface area contributed by atoms with E-state index in [1.807, 2.05) is 0 Å². The van der Waals surface area contributed by atoms with E-state index in [4.69, 9.17) is 18.4 Å². The van der Waals surface area contributed by atoms with Gasteiger partial charge in [0.1, 0.15) is 0 Å². The molecule has 0 aromatic heterocycles. The number of hydrogen-bond acceptors (Lipinski definition) is 4. The van der Waals surface area contributed by atoms with Gasteiger partial charge in [-0.05, 0) is 6.07 Å². The molecule has 16 heavy (non-hydrogen) atoms. The van der Waals surface area contributed by atoms with Crippen LogP contribution in [-0.2, 0) is 13.3 Å². The predicted molar refractivity (Wildman–Crippen MR) is 59.8 cm³/mol. The van der Waals surface area contributed by atoms with E-state index in [1.54, 1.807) is 18.2 Å². The second-order valence-electron chi connectivity index (χ2n) is 3.02. The fraction of sp³-hybridized carbons (Fsp3) is 0.300. The summed E-state index contributed by atoms with van der Waals surface area (Å²) in [6.45, 7) is 0. The second kappa shape index (κ2) is 5.22. The van der Waals surface area contributed by atoms with E-state index in [9.17, 15) is 4.79 Å². The minimum absolute atomic E-state index is 0.139. The topological polar surface area (TPSA) is 65.0 Å². The third kappa shape index (κ3) is 2.14. The largest absolute Gasteiger partial charge is 0.537 e. The van der Waals surface area contributed by atoms with Crippen LogP contribution in [0.1, 0.15) is 10.4 Å². The number of aromatic carboxylic acids is 1. The molecule has 0 fully saturated rings. The smallest absolute Gasteiger partial charge is 0.478 e. The van der Waals surface area contributed by atoms with Gasteiger partial charge in [0.15, 0.2) is 0 Å². The lowest BCUT2D eigenvalue weighted by Gasteiger charge is -2.25. The maximum Gasteiger partial charge on any atom is 0.537 e. The van der Waals surface area contributed by atoms with Gasteiger partial charge in [0.25, 0.3) is 0 Å². The summed E-state index contributed by atoms with van der Waals surface area (Å²) in [5.74, 6) is -1.03. The number of rotatable bonds is 5. The summed E-state index contributed by atoms with van der Waals surface area (Å²) in [4.78, 5) is 11.1. The minimum atomic E-state index is -3.08. The number of carbonyl (C=O) groups is 1. The lowest BCUT2D eigenvalue weighted by molar-refractivity contribution is 0.0695. The number of carboxylic acids is 1. The van der Waals surface area contributed by atoms with Crippen LogP contribution in [0.15, 0.2) is 24.3 Å². The Hall–Kier alpha value is -1.21. The molecule has 0 saturated carbocycles. The Morgan fingerprint density at radius 3 is 2.06 bits per heavy atom. The molecule has 0 bridgehead atoms. The van der Waals surface area contributed by atoms with Crippen molar-refractivity contribution in [1.29, 1.82) is 0 Å². The Kier molecular flexibility index (Phi) is 4.19. The summed E-state index contributed by atoms with van der Waals surface area (Å²) >= 11 is 0. The first-order chi connectivity index (χ1) is 7.61. The van der Waals surface area contributed by atoms with E-state index in [1.165, 1.54) is 27.4 Å². The highest BCUT2D eigenvalue weighted by Gasteiger charge is 2.43. The molecule has 5 nitrogen and oxygen atoms in total. The van der Waals surface area contributed by atoms with Crippen molar-refractivity contribution in [2.45, 2.75) is 0 Å². The maximum absolute atomic E-state index is 11.1. The van der Waals surface area contributed by atoms with E-state index < -0.39 is 14.8 Å². The summed E-state index contributed by atoms with van der Waals surface area (Å²) in [5.41, 5.74) is 0.139. The van der Waals surface area contributed by atoms with Crippen molar-refractivity contribution < 1.29 is 23.2 Å². The zero-order valence-electron chi connectivity index (χ0n) is 9.39. The van der Waals surface area contributed by atoms with Gasteiger partial charge in [0.2, 0.25) is 0 Å². The molecule has 0 atom stereocenters. The molecule has 0 heterocycles. The van der Waals surface area contributed by atoms with Gasteiger partial charge < -0.3 is 18.4 Å². The Morgan fingerprint density at radius 2 is 1.62 bits per heavy atom. The standard InChI is InChI=1S/C10H14O5Si/c1-13-16(14-2,15-3)9-7-5-4-6-8(9)10(11)12/h4-7H,1-3H3,(H,11,12). The summed E-state index contributed by atoms with van der Waals surface area (Å²) in [7, 11) is 1.25. The summed E-state index contributed by atoms with van der Waals surface area (Å²) in [6, 6.07) is 6.51. The summed E-state index contributed by atoms with van der Waals surface area (Å²) in [5, 5.41) is 9.52. The molecule has 0 aliphatic heterocycles. The quantitative estimate of drug-likeness (QED) is 0.760. The molecule has 0 amide bonds. The van der Waals surface area contributed by atoms with Crippen LogP contribution in [0.3, 0.4) is 0 Å². The van der Waals surface area contributed by atoms with E-state index >= 15 is 0 Å². The molecular weight excluding hydrogens is 228 g/mol.